The summed E-state index contributed by atoms with van der Waals surface area (Å²) < 4.78 is 3.43. The van der Waals surface area contributed by atoms with Crippen LogP contribution in [0.15, 0.2) is 40.5 Å². The molecule has 144 valence electrons. The summed E-state index contributed by atoms with van der Waals surface area (Å²) in [5.74, 6) is 1.23. The summed E-state index contributed by atoms with van der Waals surface area (Å²) in [6, 6.07) is 10.1. The molecule has 8 heteroatoms. The first kappa shape index (κ1) is 19.8. The summed E-state index contributed by atoms with van der Waals surface area (Å²) in [4.78, 5) is 17.6. The highest BCUT2D eigenvalue weighted by atomic mass is 35.5. The molecule has 0 unspecified atom stereocenters. The van der Waals surface area contributed by atoms with Crippen LogP contribution in [-0.2, 0) is 13.1 Å². The Balaban J connectivity index is 0.00000210. The van der Waals surface area contributed by atoms with E-state index in [0.29, 0.717) is 19.0 Å². The van der Waals surface area contributed by atoms with Gasteiger partial charge in [0.05, 0.1) is 23.8 Å². The lowest BCUT2D eigenvalue weighted by atomic mass is 9.97. The van der Waals surface area contributed by atoms with Gasteiger partial charge < -0.3 is 5.32 Å². The van der Waals surface area contributed by atoms with E-state index < -0.39 is 0 Å². The van der Waals surface area contributed by atoms with Gasteiger partial charge in [-0.1, -0.05) is 30.3 Å². The predicted molar refractivity (Wildman–Crippen MR) is 110 cm³/mol. The van der Waals surface area contributed by atoms with Gasteiger partial charge in [0, 0.05) is 11.3 Å². The van der Waals surface area contributed by atoms with E-state index in [2.05, 4.69) is 22.4 Å². The van der Waals surface area contributed by atoms with Crippen molar-refractivity contribution in [1.82, 2.24) is 24.6 Å². The zero-order valence-corrected chi connectivity index (χ0v) is 16.9. The van der Waals surface area contributed by atoms with Crippen LogP contribution in [0.5, 0.6) is 0 Å². The average molecular weight is 406 g/mol. The molecule has 4 rings (SSSR count). The highest BCUT2D eigenvalue weighted by Crippen LogP contribution is 2.23. The maximum absolute atomic E-state index is 13.1. The van der Waals surface area contributed by atoms with Crippen LogP contribution in [0.2, 0.25) is 0 Å². The molecule has 0 spiro atoms. The molecule has 1 saturated heterocycles. The number of aryl methyl sites for hydroxylation is 1. The Labute approximate surface area is 168 Å². The van der Waals surface area contributed by atoms with Crippen LogP contribution < -0.4 is 11.0 Å². The van der Waals surface area contributed by atoms with Crippen molar-refractivity contribution in [2.24, 2.45) is 0 Å². The molecule has 0 aliphatic carbocycles. The third kappa shape index (κ3) is 4.48. The second-order valence-electron chi connectivity index (χ2n) is 6.75. The third-order valence-corrected chi connectivity index (χ3v) is 5.64. The summed E-state index contributed by atoms with van der Waals surface area (Å²) in [6.07, 6.45) is 2.03. The summed E-state index contributed by atoms with van der Waals surface area (Å²) in [6.45, 7) is 4.92. The van der Waals surface area contributed by atoms with Crippen molar-refractivity contribution in [2.45, 2.75) is 38.8 Å². The van der Waals surface area contributed by atoms with Gasteiger partial charge in [-0.2, -0.15) is 5.10 Å². The minimum absolute atomic E-state index is 0. The topological polar surface area (TPSA) is 64.7 Å². The molecule has 0 saturated carbocycles. The molecule has 0 atom stereocenters. The van der Waals surface area contributed by atoms with Gasteiger partial charge >= 0.3 is 5.69 Å². The fourth-order valence-corrected chi connectivity index (χ4v) is 4.10. The first-order valence-corrected chi connectivity index (χ1v) is 9.92. The lowest BCUT2D eigenvalue weighted by molar-refractivity contribution is 0.430. The number of piperidine rings is 1. The Kier molecular flexibility index (Phi) is 6.46. The Morgan fingerprint density at radius 2 is 1.93 bits per heavy atom. The van der Waals surface area contributed by atoms with E-state index in [1.807, 2.05) is 35.1 Å². The van der Waals surface area contributed by atoms with Crippen LogP contribution in [0.3, 0.4) is 0 Å². The third-order valence-electron chi connectivity index (χ3n) is 4.82. The van der Waals surface area contributed by atoms with Gasteiger partial charge in [-0.25, -0.2) is 14.5 Å². The number of hydrogen-bond donors (Lipinski definition) is 1. The second kappa shape index (κ2) is 8.82. The zero-order chi connectivity index (χ0) is 17.9. The van der Waals surface area contributed by atoms with Gasteiger partial charge in [0.2, 0.25) is 0 Å². The largest absolute Gasteiger partial charge is 0.346 e. The van der Waals surface area contributed by atoms with Crippen LogP contribution in [0, 0.1) is 6.92 Å². The minimum Gasteiger partial charge on any atom is -0.317 e. The highest BCUT2D eigenvalue weighted by molar-refractivity contribution is 7.09. The molecule has 1 fully saturated rings. The van der Waals surface area contributed by atoms with Crippen molar-refractivity contribution in [3.63, 3.8) is 0 Å². The molecule has 6 nitrogen and oxygen atoms in total. The second-order valence-corrected chi connectivity index (χ2v) is 7.81. The number of aromatic nitrogens is 4. The van der Waals surface area contributed by atoms with E-state index in [0.717, 1.165) is 48.0 Å². The lowest BCUT2D eigenvalue weighted by Crippen LogP contribution is -2.30. The number of halogens is 1. The van der Waals surface area contributed by atoms with Gasteiger partial charge in [-0.3, -0.25) is 4.57 Å². The van der Waals surface area contributed by atoms with E-state index in [1.54, 1.807) is 16.0 Å². The molecule has 1 aromatic carbocycles. The van der Waals surface area contributed by atoms with Gasteiger partial charge in [-0.05, 0) is 38.4 Å². The number of benzene rings is 1. The van der Waals surface area contributed by atoms with Gasteiger partial charge in [0.1, 0.15) is 5.82 Å². The van der Waals surface area contributed by atoms with Crippen molar-refractivity contribution in [2.75, 3.05) is 13.1 Å². The maximum atomic E-state index is 13.1. The standard InChI is InChI=1S/C19H23N5OS.ClH/c1-14-21-17(13-26-14)12-24-19(25)23(11-15-5-3-2-4-6-15)18(22-24)16-7-9-20-10-8-16;/h2-6,13,16,20H,7-12H2,1H3;1H. The van der Waals surface area contributed by atoms with Gasteiger partial charge in [0.25, 0.3) is 0 Å². The van der Waals surface area contributed by atoms with Crippen LogP contribution in [0.25, 0.3) is 0 Å². The normalized spacial score (nSPS) is 14.9. The van der Waals surface area contributed by atoms with E-state index in [9.17, 15) is 4.79 Å². The fourth-order valence-electron chi connectivity index (χ4n) is 3.49. The van der Waals surface area contributed by atoms with Crippen molar-refractivity contribution in [3.8, 4) is 0 Å². The molecular formula is C19H24ClN5OS. The quantitative estimate of drug-likeness (QED) is 0.708. The van der Waals surface area contributed by atoms with Crippen molar-refractivity contribution >= 4 is 23.7 Å². The Morgan fingerprint density at radius 1 is 1.19 bits per heavy atom. The number of hydrogen-bond acceptors (Lipinski definition) is 5. The van der Waals surface area contributed by atoms with Crippen LogP contribution in [0.1, 0.15) is 40.8 Å². The number of thiazole rings is 1. The molecule has 1 aliphatic rings. The first-order valence-electron chi connectivity index (χ1n) is 9.04. The number of nitrogens with one attached hydrogen (secondary N) is 1. The average Bonchev–Trinajstić information content (AvgIpc) is 3.21. The van der Waals surface area contributed by atoms with Crippen molar-refractivity contribution < 1.29 is 0 Å². The molecule has 2 aromatic heterocycles. The highest BCUT2D eigenvalue weighted by Gasteiger charge is 2.24. The zero-order valence-electron chi connectivity index (χ0n) is 15.3. The monoisotopic (exact) mass is 405 g/mol. The molecular weight excluding hydrogens is 382 g/mol. The SMILES string of the molecule is Cc1nc(Cn2nc(C3CCNCC3)n(Cc3ccccc3)c2=O)cs1.Cl. The predicted octanol–water partition coefficient (Wildman–Crippen LogP) is 2.80. The summed E-state index contributed by atoms with van der Waals surface area (Å²) in [7, 11) is 0. The summed E-state index contributed by atoms with van der Waals surface area (Å²) in [5.41, 5.74) is 1.97. The Morgan fingerprint density at radius 3 is 2.59 bits per heavy atom. The van der Waals surface area contributed by atoms with Crippen molar-refractivity contribution in [3.05, 3.63) is 68.3 Å². The summed E-state index contributed by atoms with van der Waals surface area (Å²) in [5, 5.41) is 11.1. The first-order chi connectivity index (χ1) is 12.7. The molecule has 3 aromatic rings. The van der Waals surface area contributed by atoms with E-state index >= 15 is 0 Å². The lowest BCUT2D eigenvalue weighted by Gasteiger charge is -2.22. The molecule has 0 amide bonds. The van der Waals surface area contributed by atoms with E-state index in [-0.39, 0.29) is 18.1 Å². The fraction of sp³-hybridized carbons (Fsp3) is 0.421. The van der Waals surface area contributed by atoms with Crippen molar-refractivity contribution in [1.29, 1.82) is 0 Å². The minimum atomic E-state index is -0.0481. The number of nitrogens with zero attached hydrogens (tertiary/aromatic N) is 4. The maximum Gasteiger partial charge on any atom is 0.346 e. The molecule has 1 aliphatic heterocycles. The van der Waals surface area contributed by atoms with Gasteiger partial charge in [0.15, 0.2) is 0 Å². The van der Waals surface area contributed by atoms with E-state index in [1.165, 1.54) is 0 Å². The van der Waals surface area contributed by atoms with Crippen LogP contribution in [0.4, 0.5) is 0 Å². The van der Waals surface area contributed by atoms with E-state index in [4.69, 9.17) is 5.10 Å². The molecule has 0 bridgehead atoms. The Bertz CT molecular complexity index is 927. The molecule has 1 N–H and O–H groups in total. The summed E-state index contributed by atoms with van der Waals surface area (Å²) >= 11 is 1.60. The number of rotatable bonds is 5. The van der Waals surface area contributed by atoms with Crippen LogP contribution in [-0.4, -0.2) is 32.4 Å². The van der Waals surface area contributed by atoms with Crippen LogP contribution >= 0.6 is 23.7 Å². The smallest absolute Gasteiger partial charge is 0.317 e. The molecule has 27 heavy (non-hydrogen) atoms. The van der Waals surface area contributed by atoms with Gasteiger partial charge in [-0.15, -0.1) is 23.7 Å². The molecule has 0 radical (unpaired) electrons. The molecule has 3 heterocycles. The Hall–Kier alpha value is -1.96.